The lowest BCUT2D eigenvalue weighted by molar-refractivity contribution is 0.602. The minimum absolute atomic E-state index is 0.315. The standard InChI is InChI=1S/C18H17ClN6O/c1-2-7-24-12-14(10-21-24)25-15-4-3-8-23(17(15)22-18(25)26)11-13-5-6-16(19)20-9-13/h3-6,8-10,12H,2,7,11H2,1H3. The van der Waals surface area contributed by atoms with Gasteiger partial charge in [-0.1, -0.05) is 24.6 Å². The molecular weight excluding hydrogens is 352 g/mol. The Hall–Kier alpha value is -2.93. The summed E-state index contributed by atoms with van der Waals surface area (Å²) in [5, 5.41) is 4.76. The number of hydrogen-bond donors (Lipinski definition) is 0. The van der Waals surface area contributed by atoms with Gasteiger partial charge in [0.15, 0.2) is 5.82 Å². The zero-order chi connectivity index (χ0) is 18.1. The molecule has 0 bridgehead atoms. The van der Waals surface area contributed by atoms with Gasteiger partial charge < -0.3 is 4.57 Å². The summed E-state index contributed by atoms with van der Waals surface area (Å²) in [7, 11) is 0. The predicted molar refractivity (Wildman–Crippen MR) is 98.9 cm³/mol. The molecule has 0 spiro atoms. The predicted octanol–water partition coefficient (Wildman–Crippen LogP) is 2.84. The Labute approximate surface area is 154 Å². The van der Waals surface area contributed by atoms with E-state index in [1.165, 1.54) is 0 Å². The van der Waals surface area contributed by atoms with E-state index in [0.717, 1.165) is 29.9 Å². The van der Waals surface area contributed by atoms with Crippen molar-refractivity contribution in [2.75, 3.05) is 0 Å². The van der Waals surface area contributed by atoms with Crippen LogP contribution in [0.15, 0.2) is 53.8 Å². The van der Waals surface area contributed by atoms with Crippen molar-refractivity contribution < 1.29 is 0 Å². The number of rotatable bonds is 5. The third-order valence-electron chi connectivity index (χ3n) is 4.13. The normalized spacial score (nSPS) is 11.3. The van der Waals surface area contributed by atoms with E-state index in [9.17, 15) is 4.79 Å². The van der Waals surface area contributed by atoms with Crippen LogP contribution in [0.5, 0.6) is 0 Å². The molecule has 2 aliphatic rings. The molecule has 0 fully saturated rings. The van der Waals surface area contributed by atoms with Gasteiger partial charge in [-0.15, -0.1) is 0 Å². The molecule has 2 aliphatic heterocycles. The highest BCUT2D eigenvalue weighted by Gasteiger charge is 2.19. The number of nitrogens with zero attached hydrogens (tertiary/aromatic N) is 6. The van der Waals surface area contributed by atoms with E-state index >= 15 is 0 Å². The fourth-order valence-corrected chi connectivity index (χ4v) is 3.08. The SMILES string of the molecule is CCCn1cc(-n2c3cccn(Cc4ccc(Cl)nc4)c-3nc2=O)cn1. The van der Waals surface area contributed by atoms with E-state index in [1.807, 2.05) is 39.8 Å². The van der Waals surface area contributed by atoms with Gasteiger partial charge in [-0.25, -0.2) is 9.78 Å². The van der Waals surface area contributed by atoms with Crippen LogP contribution in [-0.4, -0.2) is 28.9 Å². The average Bonchev–Trinajstić information content (AvgIpc) is 3.21. The number of halogens is 1. The number of hydrogen-bond acceptors (Lipinski definition) is 4. The second-order valence-corrected chi connectivity index (χ2v) is 6.41. The monoisotopic (exact) mass is 368 g/mol. The molecule has 132 valence electrons. The van der Waals surface area contributed by atoms with E-state index < -0.39 is 0 Å². The fraction of sp³-hybridized carbons (Fsp3) is 0.222. The van der Waals surface area contributed by atoms with Crippen molar-refractivity contribution in [2.45, 2.75) is 26.4 Å². The molecule has 0 aromatic carbocycles. The van der Waals surface area contributed by atoms with Crippen molar-refractivity contribution >= 4 is 11.6 Å². The topological polar surface area (TPSA) is 70.5 Å². The molecular formula is C18H17ClN6O. The van der Waals surface area contributed by atoms with E-state index in [2.05, 4.69) is 22.0 Å². The minimum Gasteiger partial charge on any atom is -0.327 e. The summed E-state index contributed by atoms with van der Waals surface area (Å²) < 4.78 is 5.34. The van der Waals surface area contributed by atoms with Crippen molar-refractivity contribution in [2.24, 2.45) is 0 Å². The van der Waals surface area contributed by atoms with Crippen LogP contribution < -0.4 is 5.69 Å². The largest absolute Gasteiger partial charge is 0.354 e. The van der Waals surface area contributed by atoms with E-state index in [1.54, 1.807) is 23.0 Å². The summed E-state index contributed by atoms with van der Waals surface area (Å²) in [5.74, 6) is 0.621. The molecule has 0 amide bonds. The highest BCUT2D eigenvalue weighted by Crippen LogP contribution is 2.22. The zero-order valence-corrected chi connectivity index (χ0v) is 15.0. The minimum atomic E-state index is -0.315. The van der Waals surface area contributed by atoms with Crippen LogP contribution in [0.3, 0.4) is 0 Å². The molecule has 2 aromatic rings. The number of aromatic nitrogens is 6. The Morgan fingerprint density at radius 1 is 1.19 bits per heavy atom. The first-order valence-corrected chi connectivity index (χ1v) is 8.74. The fourth-order valence-electron chi connectivity index (χ4n) is 2.96. The summed E-state index contributed by atoms with van der Waals surface area (Å²) >= 11 is 5.84. The van der Waals surface area contributed by atoms with Crippen molar-refractivity contribution in [3.8, 4) is 17.2 Å². The number of fused-ring (bicyclic) bond motifs is 1. The summed E-state index contributed by atoms with van der Waals surface area (Å²) in [5.41, 5.74) is 2.13. The molecule has 4 heterocycles. The second-order valence-electron chi connectivity index (χ2n) is 6.03. The van der Waals surface area contributed by atoms with E-state index in [0.29, 0.717) is 17.5 Å². The van der Waals surface area contributed by atoms with Crippen LogP contribution in [0.2, 0.25) is 5.15 Å². The summed E-state index contributed by atoms with van der Waals surface area (Å²) in [4.78, 5) is 20.9. The Kier molecular flexibility index (Phi) is 4.30. The summed E-state index contributed by atoms with van der Waals surface area (Å²) in [6.45, 7) is 3.44. The maximum atomic E-state index is 12.5. The molecule has 4 rings (SSSR count). The van der Waals surface area contributed by atoms with Gasteiger partial charge in [0, 0.05) is 25.1 Å². The smallest absolute Gasteiger partial charge is 0.327 e. The Bertz CT molecular complexity index is 1060. The van der Waals surface area contributed by atoms with Gasteiger partial charge >= 0.3 is 5.69 Å². The van der Waals surface area contributed by atoms with Gasteiger partial charge in [-0.2, -0.15) is 10.1 Å². The van der Waals surface area contributed by atoms with Crippen LogP contribution in [0.25, 0.3) is 17.2 Å². The third-order valence-corrected chi connectivity index (χ3v) is 4.35. The van der Waals surface area contributed by atoms with Crippen LogP contribution in [0.4, 0.5) is 0 Å². The molecule has 8 heteroatoms. The number of imidazole rings is 1. The van der Waals surface area contributed by atoms with Gasteiger partial charge in [0.25, 0.3) is 0 Å². The molecule has 0 aliphatic carbocycles. The van der Waals surface area contributed by atoms with E-state index in [-0.39, 0.29) is 5.69 Å². The summed E-state index contributed by atoms with van der Waals surface area (Å²) in [6.07, 6.45) is 8.16. The second kappa shape index (κ2) is 6.76. The number of aryl methyl sites for hydroxylation is 1. The molecule has 0 saturated carbocycles. The van der Waals surface area contributed by atoms with Crippen LogP contribution in [-0.2, 0) is 13.1 Å². The highest BCUT2D eigenvalue weighted by molar-refractivity contribution is 6.29. The van der Waals surface area contributed by atoms with E-state index in [4.69, 9.17) is 11.6 Å². The van der Waals surface area contributed by atoms with Gasteiger partial charge in [0.05, 0.1) is 24.1 Å². The quantitative estimate of drug-likeness (QED) is 0.508. The van der Waals surface area contributed by atoms with Crippen LogP contribution in [0.1, 0.15) is 18.9 Å². The van der Waals surface area contributed by atoms with Crippen molar-refractivity contribution in [1.82, 2.24) is 28.9 Å². The molecule has 26 heavy (non-hydrogen) atoms. The molecule has 0 atom stereocenters. The van der Waals surface area contributed by atoms with Crippen molar-refractivity contribution in [1.29, 1.82) is 0 Å². The molecule has 0 N–H and O–H groups in total. The highest BCUT2D eigenvalue weighted by atomic mass is 35.5. The molecule has 0 saturated heterocycles. The Morgan fingerprint density at radius 3 is 2.85 bits per heavy atom. The van der Waals surface area contributed by atoms with Gasteiger partial charge in [0.1, 0.15) is 5.15 Å². The first-order chi connectivity index (χ1) is 12.7. The molecule has 7 nitrogen and oxygen atoms in total. The maximum Gasteiger partial charge on any atom is 0.354 e. The lowest BCUT2D eigenvalue weighted by Gasteiger charge is -2.12. The zero-order valence-electron chi connectivity index (χ0n) is 14.2. The lowest BCUT2D eigenvalue weighted by atomic mass is 10.2. The van der Waals surface area contributed by atoms with Crippen LogP contribution in [0, 0.1) is 0 Å². The van der Waals surface area contributed by atoms with Crippen molar-refractivity contribution in [3.05, 3.63) is 70.3 Å². The number of pyridine rings is 2. The lowest BCUT2D eigenvalue weighted by Crippen LogP contribution is -2.13. The van der Waals surface area contributed by atoms with Gasteiger partial charge in [0.2, 0.25) is 0 Å². The average molecular weight is 369 g/mol. The molecule has 0 unspecified atom stereocenters. The maximum absolute atomic E-state index is 12.5. The van der Waals surface area contributed by atoms with Crippen molar-refractivity contribution in [3.63, 3.8) is 0 Å². The molecule has 2 aromatic heterocycles. The first-order valence-electron chi connectivity index (χ1n) is 8.37. The van der Waals surface area contributed by atoms with Gasteiger partial charge in [-0.3, -0.25) is 9.25 Å². The Morgan fingerprint density at radius 2 is 2.08 bits per heavy atom. The first kappa shape index (κ1) is 16.5. The third kappa shape index (κ3) is 3.01. The summed E-state index contributed by atoms with van der Waals surface area (Å²) in [6, 6.07) is 7.44. The van der Waals surface area contributed by atoms with Gasteiger partial charge in [-0.05, 0) is 30.2 Å². The van der Waals surface area contributed by atoms with Crippen LogP contribution >= 0.6 is 11.6 Å². The Balaban J connectivity index is 1.73. The molecule has 0 radical (unpaired) electrons.